The van der Waals surface area contributed by atoms with Gasteiger partial charge in [0, 0.05) is 17.8 Å². The predicted octanol–water partition coefficient (Wildman–Crippen LogP) is 2.77. The molecule has 0 spiro atoms. The highest BCUT2D eigenvalue weighted by Crippen LogP contribution is 2.31. The Morgan fingerprint density at radius 3 is 2.46 bits per heavy atom. The minimum absolute atomic E-state index is 0.00877. The van der Waals surface area contributed by atoms with Gasteiger partial charge in [0.25, 0.3) is 15.7 Å². The summed E-state index contributed by atoms with van der Waals surface area (Å²) in [5.41, 5.74) is 5.74. The molecule has 0 unspecified atom stereocenters. The number of nitro benzene ring substituents is 1. The van der Waals surface area contributed by atoms with Crippen molar-refractivity contribution in [1.29, 1.82) is 0 Å². The van der Waals surface area contributed by atoms with Gasteiger partial charge in [0.1, 0.15) is 5.75 Å². The van der Waals surface area contributed by atoms with Crippen molar-refractivity contribution < 1.29 is 18.1 Å². The molecule has 9 heteroatoms. The number of nitrogen functional groups attached to an aromatic ring is 1. The summed E-state index contributed by atoms with van der Waals surface area (Å²) in [6, 6.07) is 9.36. The van der Waals surface area contributed by atoms with Crippen LogP contribution in [0.1, 0.15) is 13.3 Å². The van der Waals surface area contributed by atoms with Crippen molar-refractivity contribution in [2.75, 3.05) is 17.1 Å². The SMILES string of the molecule is CCCOc1ccc([N+](=O)[O-])cc1NS(=O)(=O)c1ccc(N)cc1. The van der Waals surface area contributed by atoms with Gasteiger partial charge in [-0.05, 0) is 36.8 Å². The number of non-ortho nitro benzene ring substituents is 1. The van der Waals surface area contributed by atoms with E-state index >= 15 is 0 Å². The molecule has 2 aromatic rings. The highest BCUT2D eigenvalue weighted by Gasteiger charge is 2.19. The fourth-order valence-corrected chi connectivity index (χ4v) is 2.96. The third-order valence-corrected chi connectivity index (χ3v) is 4.45. The van der Waals surface area contributed by atoms with Gasteiger partial charge in [-0.2, -0.15) is 0 Å². The van der Waals surface area contributed by atoms with Gasteiger partial charge in [0.15, 0.2) is 0 Å². The lowest BCUT2D eigenvalue weighted by Gasteiger charge is -2.13. The molecule has 0 aliphatic rings. The second-order valence-corrected chi connectivity index (χ2v) is 6.64. The van der Waals surface area contributed by atoms with E-state index in [1.165, 1.54) is 36.4 Å². The van der Waals surface area contributed by atoms with Crippen LogP contribution in [0.4, 0.5) is 17.1 Å². The first kappa shape index (κ1) is 17.5. The molecule has 8 nitrogen and oxygen atoms in total. The average Bonchev–Trinajstić information content (AvgIpc) is 2.53. The van der Waals surface area contributed by atoms with Gasteiger partial charge in [0.2, 0.25) is 0 Å². The van der Waals surface area contributed by atoms with Crippen LogP contribution < -0.4 is 15.2 Å². The first-order chi connectivity index (χ1) is 11.3. The molecule has 0 aliphatic carbocycles. The maximum atomic E-state index is 12.4. The summed E-state index contributed by atoms with van der Waals surface area (Å²) >= 11 is 0. The van der Waals surface area contributed by atoms with Gasteiger partial charge >= 0.3 is 0 Å². The molecule has 0 saturated carbocycles. The number of anilines is 2. The molecule has 2 aromatic carbocycles. The Kier molecular flexibility index (Phi) is 5.24. The van der Waals surface area contributed by atoms with Gasteiger partial charge in [-0.3, -0.25) is 14.8 Å². The second-order valence-electron chi connectivity index (χ2n) is 4.96. The fraction of sp³-hybridized carbons (Fsp3) is 0.200. The first-order valence-corrected chi connectivity index (χ1v) is 8.61. The number of nitrogens with two attached hydrogens (primary N) is 1. The zero-order valence-electron chi connectivity index (χ0n) is 12.9. The van der Waals surface area contributed by atoms with Gasteiger partial charge in [0.05, 0.1) is 22.1 Å². The number of nitrogens with one attached hydrogen (secondary N) is 1. The Balaban J connectivity index is 2.39. The van der Waals surface area contributed by atoms with Crippen molar-refractivity contribution >= 4 is 27.1 Å². The molecule has 0 amide bonds. The zero-order valence-corrected chi connectivity index (χ0v) is 13.7. The lowest BCUT2D eigenvalue weighted by atomic mass is 10.2. The van der Waals surface area contributed by atoms with Crippen LogP contribution in [0.5, 0.6) is 5.75 Å². The maximum absolute atomic E-state index is 12.4. The number of benzene rings is 2. The molecule has 0 aliphatic heterocycles. The Hall–Kier alpha value is -2.81. The molecule has 24 heavy (non-hydrogen) atoms. The van der Waals surface area contributed by atoms with Gasteiger partial charge < -0.3 is 10.5 Å². The molecule has 0 heterocycles. The Morgan fingerprint density at radius 1 is 1.21 bits per heavy atom. The number of hydrogen-bond acceptors (Lipinski definition) is 6. The van der Waals surface area contributed by atoms with Crippen LogP contribution in [0.3, 0.4) is 0 Å². The highest BCUT2D eigenvalue weighted by molar-refractivity contribution is 7.92. The van der Waals surface area contributed by atoms with E-state index in [9.17, 15) is 18.5 Å². The van der Waals surface area contributed by atoms with Crippen LogP contribution in [0.25, 0.3) is 0 Å². The third kappa shape index (κ3) is 4.13. The molecule has 0 aromatic heterocycles. The predicted molar refractivity (Wildman–Crippen MR) is 90.5 cm³/mol. The van der Waals surface area contributed by atoms with Crippen LogP contribution >= 0.6 is 0 Å². The van der Waals surface area contributed by atoms with Crippen LogP contribution in [0.15, 0.2) is 47.4 Å². The van der Waals surface area contributed by atoms with E-state index in [1.54, 1.807) is 0 Å². The molecular weight excluding hydrogens is 334 g/mol. The Bertz CT molecular complexity index is 835. The Morgan fingerprint density at radius 2 is 1.88 bits per heavy atom. The van der Waals surface area contributed by atoms with E-state index in [0.29, 0.717) is 18.7 Å². The minimum Gasteiger partial charge on any atom is -0.491 e. The number of nitro groups is 1. The molecular formula is C15H17N3O5S. The van der Waals surface area contributed by atoms with Crippen molar-refractivity contribution in [3.8, 4) is 5.75 Å². The molecule has 0 fully saturated rings. The summed E-state index contributed by atoms with van der Waals surface area (Å²) in [7, 11) is -3.93. The maximum Gasteiger partial charge on any atom is 0.271 e. The molecule has 3 N–H and O–H groups in total. The summed E-state index contributed by atoms with van der Waals surface area (Å²) < 4.78 is 32.7. The third-order valence-electron chi connectivity index (χ3n) is 3.07. The van der Waals surface area contributed by atoms with Crippen LogP contribution in [-0.4, -0.2) is 19.9 Å². The van der Waals surface area contributed by atoms with E-state index in [-0.39, 0.29) is 22.0 Å². The van der Waals surface area contributed by atoms with Gasteiger partial charge in [-0.1, -0.05) is 6.92 Å². The van der Waals surface area contributed by atoms with Crippen molar-refractivity contribution in [3.05, 3.63) is 52.6 Å². The monoisotopic (exact) mass is 351 g/mol. The molecule has 0 saturated heterocycles. The fourth-order valence-electron chi connectivity index (χ4n) is 1.90. The molecule has 0 bridgehead atoms. The van der Waals surface area contributed by atoms with Gasteiger partial charge in [-0.25, -0.2) is 8.42 Å². The molecule has 2 rings (SSSR count). The first-order valence-electron chi connectivity index (χ1n) is 7.13. The van der Waals surface area contributed by atoms with Crippen LogP contribution in [0.2, 0.25) is 0 Å². The standard InChI is InChI=1S/C15H17N3O5S/c1-2-9-23-15-8-5-12(18(19)20)10-14(15)17-24(21,22)13-6-3-11(16)4-7-13/h3-8,10,17H,2,9,16H2,1H3. The molecule has 128 valence electrons. The van der Waals surface area contributed by atoms with Crippen molar-refractivity contribution in [1.82, 2.24) is 0 Å². The second kappa shape index (κ2) is 7.18. The van der Waals surface area contributed by atoms with Crippen molar-refractivity contribution in [3.63, 3.8) is 0 Å². The van der Waals surface area contributed by atoms with E-state index in [4.69, 9.17) is 10.5 Å². The van der Waals surface area contributed by atoms with Crippen molar-refractivity contribution in [2.45, 2.75) is 18.2 Å². The summed E-state index contributed by atoms with van der Waals surface area (Å²) in [6.07, 6.45) is 0.709. The van der Waals surface area contributed by atoms with E-state index in [0.717, 1.165) is 6.07 Å². The number of ether oxygens (including phenoxy) is 1. The van der Waals surface area contributed by atoms with Crippen LogP contribution in [0, 0.1) is 10.1 Å². The summed E-state index contributed by atoms with van der Waals surface area (Å²) in [4.78, 5) is 10.3. The summed E-state index contributed by atoms with van der Waals surface area (Å²) in [5.74, 6) is 0.224. The van der Waals surface area contributed by atoms with Gasteiger partial charge in [-0.15, -0.1) is 0 Å². The van der Waals surface area contributed by atoms with E-state index < -0.39 is 14.9 Å². The summed E-state index contributed by atoms with van der Waals surface area (Å²) in [6.45, 7) is 2.25. The lowest BCUT2D eigenvalue weighted by Crippen LogP contribution is -2.14. The highest BCUT2D eigenvalue weighted by atomic mass is 32.2. The number of rotatable bonds is 7. The topological polar surface area (TPSA) is 125 Å². The van der Waals surface area contributed by atoms with E-state index in [2.05, 4.69) is 4.72 Å². The summed E-state index contributed by atoms with van der Waals surface area (Å²) in [5, 5.41) is 10.9. The minimum atomic E-state index is -3.93. The van der Waals surface area contributed by atoms with Crippen LogP contribution in [-0.2, 0) is 10.0 Å². The molecule has 0 radical (unpaired) electrons. The number of hydrogen-bond donors (Lipinski definition) is 2. The van der Waals surface area contributed by atoms with Crippen molar-refractivity contribution in [2.24, 2.45) is 0 Å². The number of nitrogens with zero attached hydrogens (tertiary/aromatic N) is 1. The van der Waals surface area contributed by atoms with E-state index in [1.807, 2.05) is 6.92 Å². The quantitative estimate of drug-likeness (QED) is 0.449. The lowest BCUT2D eigenvalue weighted by molar-refractivity contribution is -0.384. The number of sulfonamides is 1. The average molecular weight is 351 g/mol. The normalized spacial score (nSPS) is 11.0. The smallest absolute Gasteiger partial charge is 0.271 e. The zero-order chi connectivity index (χ0) is 17.7. The Labute approximate surface area is 139 Å². The largest absolute Gasteiger partial charge is 0.491 e. The molecule has 0 atom stereocenters.